The number of hydrogen-bond donors (Lipinski definition) is 4. The van der Waals surface area contributed by atoms with E-state index in [4.69, 9.17) is 11.5 Å². The van der Waals surface area contributed by atoms with E-state index in [2.05, 4.69) is 20.3 Å². The van der Waals surface area contributed by atoms with Crippen LogP contribution in [0.15, 0.2) is 17.1 Å². The van der Waals surface area contributed by atoms with Gasteiger partial charge in [0.2, 0.25) is 5.95 Å². The molecule has 7 nitrogen and oxygen atoms in total. The van der Waals surface area contributed by atoms with Crippen LogP contribution >= 0.6 is 0 Å². The Kier molecular flexibility index (Phi) is 3.74. The van der Waals surface area contributed by atoms with Crippen LogP contribution < -0.4 is 22.3 Å². The van der Waals surface area contributed by atoms with Crippen molar-refractivity contribution in [2.75, 3.05) is 17.6 Å². The Balaban J connectivity index is 1.80. The molecule has 1 saturated carbocycles. The summed E-state index contributed by atoms with van der Waals surface area (Å²) in [5.41, 5.74) is 12.3. The molecule has 112 valence electrons. The van der Waals surface area contributed by atoms with Crippen molar-refractivity contribution in [1.82, 2.24) is 15.0 Å². The summed E-state index contributed by atoms with van der Waals surface area (Å²) in [5, 5.41) is 3.53. The number of fused-ring (bicyclic) bond motifs is 1. The predicted molar refractivity (Wildman–Crippen MR) is 83.0 cm³/mol. The molecular formula is C14H20N6O. The summed E-state index contributed by atoms with van der Waals surface area (Å²) in [4.78, 5) is 22.8. The zero-order valence-corrected chi connectivity index (χ0v) is 11.8. The van der Waals surface area contributed by atoms with E-state index < -0.39 is 0 Å². The highest BCUT2D eigenvalue weighted by Crippen LogP contribution is 2.23. The molecule has 21 heavy (non-hydrogen) atoms. The Labute approximate surface area is 122 Å². The zero-order valence-electron chi connectivity index (χ0n) is 11.8. The van der Waals surface area contributed by atoms with Crippen molar-refractivity contribution in [3.63, 3.8) is 0 Å². The summed E-state index contributed by atoms with van der Waals surface area (Å²) >= 11 is 0. The molecule has 2 aromatic heterocycles. The minimum atomic E-state index is -0.272. The Morgan fingerprint density at radius 1 is 1.33 bits per heavy atom. The van der Waals surface area contributed by atoms with Gasteiger partial charge < -0.3 is 21.8 Å². The van der Waals surface area contributed by atoms with Gasteiger partial charge in [0, 0.05) is 18.8 Å². The van der Waals surface area contributed by atoms with Crippen molar-refractivity contribution >= 4 is 22.7 Å². The summed E-state index contributed by atoms with van der Waals surface area (Å²) in [6, 6.07) is 1.94. The second-order valence-corrected chi connectivity index (χ2v) is 5.59. The van der Waals surface area contributed by atoms with Crippen LogP contribution in [0.2, 0.25) is 0 Å². The fourth-order valence-electron chi connectivity index (χ4n) is 2.91. The monoisotopic (exact) mass is 288 g/mol. The molecule has 2 heterocycles. The van der Waals surface area contributed by atoms with Crippen molar-refractivity contribution < 1.29 is 0 Å². The predicted octanol–water partition coefficient (Wildman–Crippen LogP) is 0.830. The molecule has 3 rings (SSSR count). The van der Waals surface area contributed by atoms with Gasteiger partial charge in [-0.3, -0.25) is 4.79 Å². The summed E-state index contributed by atoms with van der Waals surface area (Å²) in [6.07, 6.45) is 6.17. The van der Waals surface area contributed by atoms with Gasteiger partial charge in [-0.2, -0.15) is 4.98 Å². The topological polar surface area (TPSA) is 123 Å². The third-order valence-corrected chi connectivity index (χ3v) is 4.14. The molecule has 7 heteroatoms. The number of hydrogen-bond acceptors (Lipinski definition) is 6. The smallest absolute Gasteiger partial charge is 0.261 e. The SMILES string of the molecule is Nc1nc(NCC2CCCC[C@@H]2N)nc2cc[nH]c(=O)c12. The van der Waals surface area contributed by atoms with Crippen molar-refractivity contribution in [2.24, 2.45) is 11.7 Å². The van der Waals surface area contributed by atoms with E-state index in [9.17, 15) is 4.79 Å². The van der Waals surface area contributed by atoms with Gasteiger partial charge in [-0.15, -0.1) is 0 Å². The van der Waals surface area contributed by atoms with Crippen LogP contribution in [0.5, 0.6) is 0 Å². The maximum absolute atomic E-state index is 11.7. The van der Waals surface area contributed by atoms with Crippen LogP contribution in [0.1, 0.15) is 25.7 Å². The van der Waals surface area contributed by atoms with Gasteiger partial charge in [-0.05, 0) is 24.8 Å². The average Bonchev–Trinajstić information content (AvgIpc) is 2.46. The van der Waals surface area contributed by atoms with E-state index in [0.29, 0.717) is 22.8 Å². The number of H-pyrrole nitrogens is 1. The highest BCUT2D eigenvalue weighted by molar-refractivity contribution is 5.87. The lowest BCUT2D eigenvalue weighted by Gasteiger charge is -2.28. The van der Waals surface area contributed by atoms with E-state index in [0.717, 1.165) is 19.4 Å². The number of aromatic nitrogens is 3. The summed E-state index contributed by atoms with van der Waals surface area (Å²) in [5.74, 6) is 1.07. The van der Waals surface area contributed by atoms with Gasteiger partial charge in [0.25, 0.3) is 5.56 Å². The molecule has 0 radical (unpaired) electrons. The van der Waals surface area contributed by atoms with Crippen LogP contribution in [0.25, 0.3) is 10.9 Å². The van der Waals surface area contributed by atoms with Crippen molar-refractivity contribution in [1.29, 1.82) is 0 Å². The number of anilines is 2. The largest absolute Gasteiger partial charge is 0.383 e. The first-order chi connectivity index (χ1) is 10.1. The number of nitrogens with two attached hydrogens (primary N) is 2. The maximum Gasteiger partial charge on any atom is 0.261 e. The molecule has 1 unspecified atom stereocenters. The molecular weight excluding hydrogens is 268 g/mol. The number of pyridine rings is 1. The van der Waals surface area contributed by atoms with E-state index in [1.807, 2.05) is 0 Å². The first-order valence-electron chi connectivity index (χ1n) is 7.29. The maximum atomic E-state index is 11.7. The van der Waals surface area contributed by atoms with E-state index >= 15 is 0 Å². The fraction of sp³-hybridized carbons (Fsp3) is 0.500. The van der Waals surface area contributed by atoms with E-state index in [1.165, 1.54) is 12.8 Å². The molecule has 0 bridgehead atoms. The van der Waals surface area contributed by atoms with Gasteiger partial charge in [0.15, 0.2) is 0 Å². The van der Waals surface area contributed by atoms with Gasteiger partial charge in [-0.25, -0.2) is 4.98 Å². The highest BCUT2D eigenvalue weighted by atomic mass is 16.1. The summed E-state index contributed by atoms with van der Waals surface area (Å²) < 4.78 is 0. The molecule has 1 aliphatic rings. The van der Waals surface area contributed by atoms with Gasteiger partial charge in [0.1, 0.15) is 11.2 Å². The fourth-order valence-corrected chi connectivity index (χ4v) is 2.91. The second-order valence-electron chi connectivity index (χ2n) is 5.59. The van der Waals surface area contributed by atoms with E-state index in [1.54, 1.807) is 12.3 Å². The molecule has 2 atom stereocenters. The molecule has 0 aromatic carbocycles. The highest BCUT2D eigenvalue weighted by Gasteiger charge is 2.21. The number of aromatic amines is 1. The normalized spacial score (nSPS) is 22.3. The van der Waals surface area contributed by atoms with Crippen LogP contribution in [0, 0.1) is 5.92 Å². The van der Waals surface area contributed by atoms with Gasteiger partial charge >= 0.3 is 0 Å². The standard InChI is InChI=1S/C14H20N6O/c15-9-4-2-1-3-8(9)7-18-14-19-10-5-6-17-13(21)11(10)12(16)20-14/h5-6,8-9H,1-4,7,15H2,(H,17,21)(H3,16,18,19,20)/t8?,9-/m0/s1. The molecule has 0 spiro atoms. The lowest BCUT2D eigenvalue weighted by molar-refractivity contribution is 0.321. The minimum absolute atomic E-state index is 0.192. The number of nitrogens with one attached hydrogen (secondary N) is 2. The summed E-state index contributed by atoms with van der Waals surface area (Å²) in [7, 11) is 0. The molecule has 1 fully saturated rings. The van der Waals surface area contributed by atoms with E-state index in [-0.39, 0.29) is 17.4 Å². The lowest BCUT2D eigenvalue weighted by atomic mass is 9.85. The number of nitrogen functional groups attached to an aromatic ring is 1. The Morgan fingerprint density at radius 2 is 2.14 bits per heavy atom. The molecule has 6 N–H and O–H groups in total. The first kappa shape index (κ1) is 13.8. The number of rotatable bonds is 3. The van der Waals surface area contributed by atoms with Crippen LogP contribution in [-0.4, -0.2) is 27.5 Å². The molecule has 0 saturated heterocycles. The third-order valence-electron chi connectivity index (χ3n) is 4.14. The van der Waals surface area contributed by atoms with Gasteiger partial charge in [-0.1, -0.05) is 12.8 Å². The Morgan fingerprint density at radius 3 is 2.95 bits per heavy atom. The molecule has 1 aliphatic carbocycles. The van der Waals surface area contributed by atoms with Crippen LogP contribution in [0.4, 0.5) is 11.8 Å². The Bertz CT molecular complexity index is 697. The van der Waals surface area contributed by atoms with Crippen molar-refractivity contribution in [3.8, 4) is 0 Å². The minimum Gasteiger partial charge on any atom is -0.383 e. The third kappa shape index (κ3) is 2.82. The number of nitrogens with zero attached hydrogens (tertiary/aromatic N) is 2. The van der Waals surface area contributed by atoms with Crippen LogP contribution in [0.3, 0.4) is 0 Å². The Hall–Kier alpha value is -2.15. The van der Waals surface area contributed by atoms with Crippen LogP contribution in [-0.2, 0) is 0 Å². The van der Waals surface area contributed by atoms with Crippen molar-refractivity contribution in [2.45, 2.75) is 31.7 Å². The average molecular weight is 288 g/mol. The molecule has 2 aromatic rings. The quantitative estimate of drug-likeness (QED) is 0.663. The first-order valence-corrected chi connectivity index (χ1v) is 7.29. The molecule has 0 amide bonds. The second kappa shape index (κ2) is 5.69. The summed E-state index contributed by atoms with van der Waals surface area (Å²) in [6.45, 7) is 0.731. The van der Waals surface area contributed by atoms with Gasteiger partial charge in [0.05, 0.1) is 5.52 Å². The lowest BCUT2D eigenvalue weighted by Crippen LogP contribution is -2.37. The van der Waals surface area contributed by atoms with Crippen molar-refractivity contribution in [3.05, 3.63) is 22.6 Å². The molecule has 0 aliphatic heterocycles. The zero-order chi connectivity index (χ0) is 14.8.